The lowest BCUT2D eigenvalue weighted by Gasteiger charge is -2.26. The summed E-state index contributed by atoms with van der Waals surface area (Å²) in [5, 5.41) is 0.683. The van der Waals surface area contributed by atoms with Crippen molar-refractivity contribution in [3.05, 3.63) is 50.8 Å². The van der Waals surface area contributed by atoms with Crippen LogP contribution >= 0.6 is 11.3 Å². The number of benzene rings is 1. The van der Waals surface area contributed by atoms with Gasteiger partial charge in [-0.05, 0) is 11.6 Å². The molecule has 4 rings (SSSR count). The highest BCUT2D eigenvalue weighted by atomic mass is 32.1. The molecule has 0 bridgehead atoms. The summed E-state index contributed by atoms with van der Waals surface area (Å²) < 4.78 is 6.25. The van der Waals surface area contributed by atoms with E-state index < -0.39 is 0 Å². The molecule has 1 fully saturated rings. The van der Waals surface area contributed by atoms with Crippen LogP contribution in [-0.4, -0.2) is 42.0 Å². The van der Waals surface area contributed by atoms with Gasteiger partial charge in [0.25, 0.3) is 5.88 Å². The lowest BCUT2D eigenvalue weighted by Crippen LogP contribution is -2.35. The molecule has 1 saturated heterocycles. The minimum absolute atomic E-state index is 0.524. The average molecular weight is 342 g/mol. The number of hydrogen-bond donors (Lipinski definition) is 1. The number of hydrogen-bond acceptors (Lipinski definition) is 7. The van der Waals surface area contributed by atoms with Crippen LogP contribution < -0.4 is 15.4 Å². The van der Waals surface area contributed by atoms with Crippen molar-refractivity contribution >= 4 is 29.6 Å². The number of thiazole rings is 1. The number of rotatable bonds is 3. The summed E-state index contributed by atoms with van der Waals surface area (Å²) in [6, 6.07) is 8.36. The van der Waals surface area contributed by atoms with Gasteiger partial charge in [0.15, 0.2) is 5.84 Å². The second kappa shape index (κ2) is 6.72. The maximum Gasteiger partial charge on any atom is 0.267 e. The Morgan fingerprint density at radius 2 is 2.17 bits per heavy atom. The Morgan fingerprint density at radius 1 is 1.29 bits per heavy atom. The zero-order valence-corrected chi connectivity index (χ0v) is 14.0. The molecule has 0 unspecified atom stereocenters. The SMILES string of the molecule is C=c1ncsc1=C1N=C(c2cccc(CN3CCOCC3)c2)NO1. The Balaban J connectivity index is 1.58. The molecule has 1 aromatic heterocycles. The quantitative estimate of drug-likeness (QED) is 0.877. The lowest BCUT2D eigenvalue weighted by molar-refractivity contribution is 0.0342. The molecule has 0 radical (unpaired) electrons. The fourth-order valence-electron chi connectivity index (χ4n) is 2.74. The maximum atomic E-state index is 5.50. The number of hydroxylamine groups is 1. The van der Waals surface area contributed by atoms with Gasteiger partial charge in [-0.15, -0.1) is 11.3 Å². The maximum absolute atomic E-state index is 5.50. The Bertz CT molecular complexity index is 871. The minimum Gasteiger partial charge on any atom is -0.379 e. The van der Waals surface area contributed by atoms with Gasteiger partial charge in [0.1, 0.15) is 4.53 Å². The molecular formula is C17H18N4O2S. The van der Waals surface area contributed by atoms with Crippen molar-refractivity contribution in [2.75, 3.05) is 26.3 Å². The Kier molecular flexibility index (Phi) is 4.29. The summed E-state index contributed by atoms with van der Waals surface area (Å²) in [5.74, 6) is 1.23. The van der Waals surface area contributed by atoms with Gasteiger partial charge in [-0.2, -0.15) is 4.99 Å². The number of nitrogens with zero attached hydrogens (tertiary/aromatic N) is 3. The monoisotopic (exact) mass is 342 g/mol. The summed E-state index contributed by atoms with van der Waals surface area (Å²) in [6.07, 6.45) is 0. The van der Waals surface area contributed by atoms with Crippen molar-refractivity contribution in [3.8, 4) is 0 Å². The van der Waals surface area contributed by atoms with Crippen LogP contribution in [-0.2, 0) is 16.1 Å². The van der Waals surface area contributed by atoms with E-state index in [-0.39, 0.29) is 0 Å². The molecule has 0 atom stereocenters. The van der Waals surface area contributed by atoms with Gasteiger partial charge in [-0.25, -0.2) is 10.5 Å². The summed E-state index contributed by atoms with van der Waals surface area (Å²) in [7, 11) is 0. The zero-order chi connectivity index (χ0) is 16.4. The fraction of sp³-hybridized carbons (Fsp3) is 0.294. The second-order valence-corrected chi connectivity index (χ2v) is 6.54. The number of morpholine rings is 1. The first kappa shape index (κ1) is 15.3. The number of aromatic nitrogens is 1. The first-order valence-electron chi connectivity index (χ1n) is 7.83. The van der Waals surface area contributed by atoms with Crippen LogP contribution in [0.2, 0.25) is 0 Å². The third-order valence-corrected chi connectivity index (χ3v) is 4.86. The van der Waals surface area contributed by atoms with Crippen molar-refractivity contribution in [1.82, 2.24) is 15.4 Å². The molecule has 3 heterocycles. The molecule has 2 aliphatic heterocycles. The third kappa shape index (κ3) is 3.19. The van der Waals surface area contributed by atoms with E-state index in [0.717, 1.165) is 42.9 Å². The molecule has 24 heavy (non-hydrogen) atoms. The van der Waals surface area contributed by atoms with E-state index in [1.165, 1.54) is 16.9 Å². The number of amidine groups is 1. The molecule has 2 aromatic rings. The van der Waals surface area contributed by atoms with Gasteiger partial charge in [-0.3, -0.25) is 4.90 Å². The Morgan fingerprint density at radius 3 is 2.96 bits per heavy atom. The average Bonchev–Trinajstić information content (AvgIpc) is 3.25. The first-order chi connectivity index (χ1) is 11.8. The topological polar surface area (TPSA) is 59.0 Å². The van der Waals surface area contributed by atoms with Gasteiger partial charge in [0.2, 0.25) is 0 Å². The van der Waals surface area contributed by atoms with Gasteiger partial charge < -0.3 is 9.57 Å². The van der Waals surface area contributed by atoms with Crippen LogP contribution in [0.1, 0.15) is 11.1 Å². The highest BCUT2D eigenvalue weighted by Gasteiger charge is 2.17. The smallest absolute Gasteiger partial charge is 0.267 e. The molecule has 0 spiro atoms. The van der Waals surface area contributed by atoms with Crippen molar-refractivity contribution in [2.24, 2.45) is 4.99 Å². The van der Waals surface area contributed by atoms with E-state index in [0.29, 0.717) is 17.1 Å². The Labute approximate surface area is 143 Å². The van der Waals surface area contributed by atoms with Crippen LogP contribution in [0.25, 0.3) is 12.5 Å². The standard InChI is InChI=1S/C17H18N4O2S/c1-12-15(24-11-18-12)17-19-16(20-23-17)14-4-2-3-13(9-14)10-21-5-7-22-8-6-21/h2-4,9,11H,1,5-8,10H2,(H,19,20). The largest absolute Gasteiger partial charge is 0.379 e. The molecule has 0 amide bonds. The van der Waals surface area contributed by atoms with E-state index >= 15 is 0 Å². The van der Waals surface area contributed by atoms with E-state index in [1.54, 1.807) is 5.51 Å². The van der Waals surface area contributed by atoms with Crippen LogP contribution in [0.5, 0.6) is 0 Å². The molecule has 6 nitrogen and oxygen atoms in total. The fourth-order valence-corrected chi connectivity index (χ4v) is 3.40. The zero-order valence-electron chi connectivity index (χ0n) is 13.2. The minimum atomic E-state index is 0.524. The highest BCUT2D eigenvalue weighted by Crippen LogP contribution is 2.14. The molecule has 0 aliphatic carbocycles. The van der Waals surface area contributed by atoms with E-state index in [9.17, 15) is 0 Å². The predicted molar refractivity (Wildman–Crippen MR) is 93.6 cm³/mol. The number of aliphatic imine (C=N–C) groups is 1. The molecule has 124 valence electrons. The summed E-state index contributed by atoms with van der Waals surface area (Å²) >= 11 is 1.47. The van der Waals surface area contributed by atoms with Crippen molar-refractivity contribution in [2.45, 2.75) is 6.54 Å². The molecule has 2 aliphatic rings. The van der Waals surface area contributed by atoms with Crippen LogP contribution in [0.15, 0.2) is 34.8 Å². The molecule has 7 heteroatoms. The van der Waals surface area contributed by atoms with Crippen LogP contribution in [0.3, 0.4) is 0 Å². The van der Waals surface area contributed by atoms with Gasteiger partial charge in [0, 0.05) is 25.2 Å². The van der Waals surface area contributed by atoms with E-state index in [2.05, 4.69) is 39.1 Å². The van der Waals surface area contributed by atoms with Crippen molar-refractivity contribution in [1.29, 1.82) is 0 Å². The van der Waals surface area contributed by atoms with Crippen molar-refractivity contribution < 1.29 is 9.57 Å². The first-order valence-corrected chi connectivity index (χ1v) is 8.71. The highest BCUT2D eigenvalue weighted by molar-refractivity contribution is 7.07. The van der Waals surface area contributed by atoms with Gasteiger partial charge in [0.05, 0.1) is 24.1 Å². The predicted octanol–water partition coefficient (Wildman–Crippen LogP) is 0.433. The van der Waals surface area contributed by atoms with Crippen LogP contribution in [0.4, 0.5) is 0 Å². The molecule has 0 saturated carbocycles. The number of nitrogens with one attached hydrogen (secondary N) is 1. The summed E-state index contributed by atoms with van der Waals surface area (Å²) in [5.41, 5.74) is 6.90. The summed E-state index contributed by atoms with van der Waals surface area (Å²) in [4.78, 5) is 16.6. The second-order valence-electron chi connectivity index (χ2n) is 5.69. The Hall–Kier alpha value is -2.22. The molecule has 1 aromatic carbocycles. The molecule has 1 N–H and O–H groups in total. The molecular weight excluding hydrogens is 324 g/mol. The summed E-state index contributed by atoms with van der Waals surface area (Å²) in [6.45, 7) is 8.37. The lowest BCUT2D eigenvalue weighted by atomic mass is 10.1. The van der Waals surface area contributed by atoms with E-state index in [1.807, 2.05) is 12.1 Å². The van der Waals surface area contributed by atoms with Crippen molar-refractivity contribution in [3.63, 3.8) is 0 Å². The van der Waals surface area contributed by atoms with Crippen LogP contribution in [0, 0.1) is 0 Å². The van der Waals surface area contributed by atoms with Gasteiger partial charge in [-0.1, -0.05) is 24.8 Å². The third-order valence-electron chi connectivity index (χ3n) is 4.00. The van der Waals surface area contributed by atoms with Gasteiger partial charge >= 0.3 is 0 Å². The number of ether oxygens (including phenoxy) is 1. The van der Waals surface area contributed by atoms with E-state index in [4.69, 9.17) is 9.57 Å². The normalized spacial score (nSPS) is 20.4.